The van der Waals surface area contributed by atoms with E-state index in [0.717, 1.165) is 64.1 Å². The molecule has 184 valence electrons. The van der Waals surface area contributed by atoms with E-state index in [0.29, 0.717) is 12.1 Å². The molecule has 6 nitrogen and oxygen atoms in total. The molecule has 0 bridgehead atoms. The van der Waals surface area contributed by atoms with Gasteiger partial charge in [-0.15, -0.1) is 0 Å². The van der Waals surface area contributed by atoms with Crippen molar-refractivity contribution in [1.29, 1.82) is 0 Å². The van der Waals surface area contributed by atoms with Gasteiger partial charge in [-0.1, -0.05) is 23.3 Å². The van der Waals surface area contributed by atoms with E-state index in [1.807, 2.05) is 73.3 Å². The van der Waals surface area contributed by atoms with Gasteiger partial charge in [-0.05, 0) is 88.4 Å². The quantitative estimate of drug-likeness (QED) is 0.314. The molecule has 1 aliphatic rings. The first kappa shape index (κ1) is 23.8. The monoisotopic (exact) mass is 480 g/mol. The van der Waals surface area contributed by atoms with Crippen LogP contribution >= 0.6 is 0 Å². The van der Waals surface area contributed by atoms with Gasteiger partial charge >= 0.3 is 0 Å². The Morgan fingerprint density at radius 2 is 1.92 bits per heavy atom. The predicted molar refractivity (Wildman–Crippen MR) is 144 cm³/mol. The molecule has 2 aromatic carbocycles. The lowest BCUT2D eigenvalue weighted by Gasteiger charge is -2.14. The Hall–Kier alpha value is -3.93. The Balaban J connectivity index is 1.47. The number of aromatic nitrogens is 3. The standard InChI is InChI=1S/C30H32N4O2/c1-20-9-14-28-25(17-20)26(30(35)31-16-15-22-7-5-4-6-8-22)18-29(33-28)27-19-32-34(21(27)2)23-10-12-24(36-3)13-11-23/h7,9-14,17-19H,4-6,8,15-16H2,1-3H3,(H,31,35). The summed E-state index contributed by atoms with van der Waals surface area (Å²) in [6.07, 6.45) is 9.89. The molecule has 0 radical (unpaired) electrons. The van der Waals surface area contributed by atoms with Crippen LogP contribution in [0.5, 0.6) is 5.75 Å². The minimum atomic E-state index is -0.0640. The molecular weight excluding hydrogens is 448 g/mol. The molecule has 1 aliphatic carbocycles. The minimum absolute atomic E-state index is 0.0640. The molecular formula is C30H32N4O2. The van der Waals surface area contributed by atoms with Gasteiger partial charge in [0.25, 0.3) is 5.91 Å². The van der Waals surface area contributed by atoms with Crippen LogP contribution in [-0.2, 0) is 0 Å². The van der Waals surface area contributed by atoms with Crippen molar-refractivity contribution in [1.82, 2.24) is 20.1 Å². The third-order valence-electron chi connectivity index (χ3n) is 6.93. The van der Waals surface area contributed by atoms with Crippen LogP contribution in [0.25, 0.3) is 27.8 Å². The fourth-order valence-corrected chi connectivity index (χ4v) is 4.87. The Morgan fingerprint density at radius 1 is 1.08 bits per heavy atom. The van der Waals surface area contributed by atoms with Crippen molar-refractivity contribution in [2.75, 3.05) is 13.7 Å². The Morgan fingerprint density at radius 3 is 2.67 bits per heavy atom. The van der Waals surface area contributed by atoms with Gasteiger partial charge in [0, 0.05) is 17.5 Å². The van der Waals surface area contributed by atoms with Gasteiger partial charge in [0.2, 0.25) is 0 Å². The summed E-state index contributed by atoms with van der Waals surface area (Å²) >= 11 is 0. The second-order valence-electron chi connectivity index (χ2n) is 9.44. The smallest absolute Gasteiger partial charge is 0.252 e. The van der Waals surface area contributed by atoms with E-state index in [9.17, 15) is 4.79 Å². The zero-order chi connectivity index (χ0) is 25.1. The van der Waals surface area contributed by atoms with Gasteiger partial charge in [0.15, 0.2) is 0 Å². The molecule has 36 heavy (non-hydrogen) atoms. The number of carbonyl (C=O) groups is 1. The highest BCUT2D eigenvalue weighted by atomic mass is 16.5. The van der Waals surface area contributed by atoms with E-state index in [4.69, 9.17) is 9.72 Å². The van der Waals surface area contributed by atoms with Crippen LogP contribution in [0, 0.1) is 13.8 Å². The van der Waals surface area contributed by atoms with Crippen LogP contribution in [0.3, 0.4) is 0 Å². The number of amides is 1. The molecule has 0 aliphatic heterocycles. The van der Waals surface area contributed by atoms with E-state index >= 15 is 0 Å². The summed E-state index contributed by atoms with van der Waals surface area (Å²) in [4.78, 5) is 18.3. The number of rotatable bonds is 7. The summed E-state index contributed by atoms with van der Waals surface area (Å²) in [6, 6.07) is 15.7. The van der Waals surface area contributed by atoms with Gasteiger partial charge in [0.05, 0.1) is 41.5 Å². The maximum atomic E-state index is 13.4. The van der Waals surface area contributed by atoms with Crippen LogP contribution in [-0.4, -0.2) is 34.3 Å². The van der Waals surface area contributed by atoms with E-state index < -0.39 is 0 Å². The van der Waals surface area contributed by atoms with Crippen molar-refractivity contribution in [2.45, 2.75) is 46.0 Å². The highest BCUT2D eigenvalue weighted by Crippen LogP contribution is 2.29. The number of ether oxygens (including phenoxy) is 1. The topological polar surface area (TPSA) is 69.0 Å². The van der Waals surface area contributed by atoms with Gasteiger partial charge in [0.1, 0.15) is 5.75 Å². The molecule has 1 amide bonds. The molecule has 6 heteroatoms. The van der Waals surface area contributed by atoms with Crippen molar-refractivity contribution in [3.8, 4) is 22.7 Å². The number of carbonyl (C=O) groups excluding carboxylic acids is 1. The van der Waals surface area contributed by atoms with Gasteiger partial charge < -0.3 is 10.1 Å². The number of hydrogen-bond donors (Lipinski definition) is 1. The summed E-state index contributed by atoms with van der Waals surface area (Å²) in [7, 11) is 1.65. The Bertz CT molecular complexity index is 1430. The summed E-state index contributed by atoms with van der Waals surface area (Å²) < 4.78 is 7.16. The second-order valence-corrected chi connectivity index (χ2v) is 9.44. The second kappa shape index (κ2) is 10.4. The minimum Gasteiger partial charge on any atom is -0.497 e. The number of nitrogens with one attached hydrogen (secondary N) is 1. The maximum absolute atomic E-state index is 13.4. The number of allylic oxidation sites excluding steroid dienone is 1. The number of aryl methyl sites for hydroxylation is 1. The molecule has 0 saturated heterocycles. The fourth-order valence-electron chi connectivity index (χ4n) is 4.87. The third kappa shape index (κ3) is 4.89. The largest absolute Gasteiger partial charge is 0.497 e. The van der Waals surface area contributed by atoms with Crippen LogP contribution in [0.2, 0.25) is 0 Å². The van der Waals surface area contributed by atoms with Crippen LogP contribution in [0.1, 0.15) is 53.7 Å². The molecule has 4 aromatic rings. The van der Waals surface area contributed by atoms with Gasteiger partial charge in [-0.3, -0.25) is 4.79 Å². The Kier molecular flexibility index (Phi) is 6.85. The van der Waals surface area contributed by atoms with Crippen molar-refractivity contribution < 1.29 is 9.53 Å². The molecule has 0 fully saturated rings. The average molecular weight is 481 g/mol. The first-order valence-electron chi connectivity index (χ1n) is 12.6. The molecule has 0 spiro atoms. The molecule has 5 rings (SSSR count). The number of nitrogens with zero attached hydrogens (tertiary/aromatic N) is 3. The highest BCUT2D eigenvalue weighted by molar-refractivity contribution is 6.07. The Labute approximate surface area is 212 Å². The summed E-state index contributed by atoms with van der Waals surface area (Å²) in [5.41, 5.74) is 7.53. The zero-order valence-electron chi connectivity index (χ0n) is 21.2. The first-order chi connectivity index (χ1) is 17.5. The van der Waals surface area contributed by atoms with Crippen LogP contribution in [0.4, 0.5) is 0 Å². The van der Waals surface area contributed by atoms with E-state index in [1.54, 1.807) is 7.11 Å². The third-order valence-corrected chi connectivity index (χ3v) is 6.93. The van der Waals surface area contributed by atoms with Crippen LogP contribution in [0.15, 0.2) is 66.4 Å². The van der Waals surface area contributed by atoms with Crippen molar-refractivity contribution in [3.05, 3.63) is 83.2 Å². The maximum Gasteiger partial charge on any atom is 0.252 e. The lowest BCUT2D eigenvalue weighted by molar-refractivity contribution is 0.0955. The van der Waals surface area contributed by atoms with Crippen molar-refractivity contribution in [2.24, 2.45) is 0 Å². The molecule has 0 unspecified atom stereocenters. The van der Waals surface area contributed by atoms with E-state index in [1.165, 1.54) is 18.4 Å². The van der Waals surface area contributed by atoms with Crippen molar-refractivity contribution >= 4 is 16.8 Å². The average Bonchev–Trinajstić information content (AvgIpc) is 3.29. The summed E-state index contributed by atoms with van der Waals surface area (Å²) in [5, 5.41) is 8.64. The fraction of sp³-hybridized carbons (Fsp3) is 0.300. The summed E-state index contributed by atoms with van der Waals surface area (Å²) in [6.45, 7) is 4.70. The highest BCUT2D eigenvalue weighted by Gasteiger charge is 2.18. The number of pyridine rings is 1. The number of methoxy groups -OCH3 is 1. The number of benzene rings is 2. The lowest BCUT2D eigenvalue weighted by atomic mass is 9.97. The lowest BCUT2D eigenvalue weighted by Crippen LogP contribution is -2.25. The molecule has 2 heterocycles. The van der Waals surface area contributed by atoms with Gasteiger partial charge in [-0.2, -0.15) is 5.10 Å². The van der Waals surface area contributed by atoms with E-state index in [-0.39, 0.29) is 5.91 Å². The molecule has 0 atom stereocenters. The zero-order valence-corrected chi connectivity index (χ0v) is 21.2. The van der Waals surface area contributed by atoms with Gasteiger partial charge in [-0.25, -0.2) is 9.67 Å². The predicted octanol–water partition coefficient (Wildman–Crippen LogP) is 6.33. The normalized spacial score (nSPS) is 13.5. The van der Waals surface area contributed by atoms with E-state index in [2.05, 4.69) is 16.5 Å². The first-order valence-corrected chi connectivity index (χ1v) is 12.6. The molecule has 2 aromatic heterocycles. The summed E-state index contributed by atoms with van der Waals surface area (Å²) in [5.74, 6) is 0.733. The molecule has 0 saturated carbocycles. The number of hydrogen-bond acceptors (Lipinski definition) is 4. The SMILES string of the molecule is COc1ccc(-n2ncc(-c3cc(C(=O)NCCC4=CCCCC4)c4cc(C)ccc4n3)c2C)cc1. The number of fused-ring (bicyclic) bond motifs is 1. The van der Waals surface area contributed by atoms with Crippen molar-refractivity contribution in [3.63, 3.8) is 0 Å². The molecule has 1 N–H and O–H groups in total. The van der Waals surface area contributed by atoms with Crippen LogP contribution < -0.4 is 10.1 Å².